The van der Waals surface area contributed by atoms with Gasteiger partial charge in [0, 0.05) is 26.2 Å². The van der Waals surface area contributed by atoms with E-state index in [0.29, 0.717) is 42.3 Å². The molecule has 0 aliphatic heterocycles. The van der Waals surface area contributed by atoms with E-state index in [2.05, 4.69) is 34.6 Å². The Hall–Kier alpha value is -0.320. The van der Waals surface area contributed by atoms with Gasteiger partial charge in [0.2, 0.25) is 10.4 Å². The largest absolute Gasteiger partial charge is 1.00 e. The van der Waals surface area contributed by atoms with Gasteiger partial charge in [0.1, 0.15) is 18.2 Å². The molecule has 0 radical (unpaired) electrons. The fraction of sp³-hybridized carbons (Fsp3) is 0.906. The first-order valence-electron chi connectivity index (χ1n) is 15.7. The Morgan fingerprint density at radius 1 is 0.929 bits per heavy atom. The Kier molecular flexibility index (Phi) is 9.45. The number of carbonyl (C=O) groups excluding carboxylic acids is 3. The molecule has 0 aromatic rings. The molecule has 42 heavy (non-hydrogen) atoms. The second-order valence-corrected chi connectivity index (χ2v) is 16.6. The van der Waals surface area contributed by atoms with Gasteiger partial charge in [0.15, 0.2) is 0 Å². The van der Waals surface area contributed by atoms with Crippen molar-refractivity contribution in [2.45, 2.75) is 112 Å². The molecule has 8 nitrogen and oxygen atoms in total. The number of hydrogen-bond donors (Lipinski definition) is 0. The third-order valence-electron chi connectivity index (χ3n) is 13.4. The van der Waals surface area contributed by atoms with Crippen LogP contribution in [0.1, 0.15) is 112 Å². The van der Waals surface area contributed by atoms with Crippen LogP contribution >= 0.6 is 0 Å². The van der Waals surface area contributed by atoms with E-state index in [1.165, 1.54) is 6.92 Å². The van der Waals surface area contributed by atoms with Gasteiger partial charge < -0.3 is 9.29 Å². The van der Waals surface area contributed by atoms with Gasteiger partial charge in [-0.25, -0.2) is 8.42 Å². The van der Waals surface area contributed by atoms with E-state index in [1.54, 1.807) is 0 Å². The summed E-state index contributed by atoms with van der Waals surface area (Å²) < 4.78 is 44.8. The molecule has 0 aromatic heterocycles. The van der Waals surface area contributed by atoms with Gasteiger partial charge in [-0.1, -0.05) is 34.6 Å². The maximum Gasteiger partial charge on any atom is 1.00 e. The summed E-state index contributed by atoms with van der Waals surface area (Å²) in [5.41, 5.74) is -1.14. The number of Topliss-reactive ketones (excluding diaryl/α,β-unsaturated/α-hetero) is 2. The second kappa shape index (κ2) is 11.5. The Morgan fingerprint density at radius 3 is 2.19 bits per heavy atom. The van der Waals surface area contributed by atoms with Gasteiger partial charge in [0.25, 0.3) is 0 Å². The van der Waals surface area contributed by atoms with E-state index in [-0.39, 0.29) is 75.9 Å². The summed E-state index contributed by atoms with van der Waals surface area (Å²) in [7, 11) is -5.02. The summed E-state index contributed by atoms with van der Waals surface area (Å²) in [6, 6.07) is 0. The number of ether oxygens (including phenoxy) is 1. The van der Waals surface area contributed by atoms with Crippen molar-refractivity contribution in [3.05, 3.63) is 0 Å². The molecule has 5 aliphatic carbocycles. The minimum Gasteiger partial charge on any atom is -0.726 e. The van der Waals surface area contributed by atoms with Gasteiger partial charge in [-0.05, 0) is 103 Å². The minimum absolute atomic E-state index is 0. The molecule has 0 saturated heterocycles. The molecule has 5 saturated carbocycles. The molecule has 0 N–H and O–H groups in total. The molecule has 5 aliphatic rings. The van der Waals surface area contributed by atoms with Crippen LogP contribution in [0.15, 0.2) is 0 Å². The normalized spacial score (nSPS) is 42.9. The third-order valence-corrected chi connectivity index (χ3v) is 13.8. The number of esters is 1. The van der Waals surface area contributed by atoms with E-state index in [9.17, 15) is 27.4 Å². The number of fused-ring (bicyclic) bond motifs is 2. The second-order valence-electron chi connectivity index (χ2n) is 15.5. The van der Waals surface area contributed by atoms with Crippen molar-refractivity contribution in [3.8, 4) is 0 Å². The van der Waals surface area contributed by atoms with Crippen molar-refractivity contribution in [2.75, 3.05) is 13.2 Å². The summed E-state index contributed by atoms with van der Waals surface area (Å²) >= 11 is 0. The number of carbonyl (C=O) groups is 3. The van der Waals surface area contributed by atoms with Crippen molar-refractivity contribution in [1.29, 1.82) is 0 Å². The van der Waals surface area contributed by atoms with E-state index >= 15 is 0 Å². The fourth-order valence-corrected chi connectivity index (χ4v) is 12.0. The van der Waals surface area contributed by atoms with Gasteiger partial charge in [-0.3, -0.25) is 18.6 Å². The monoisotopic (exact) mass is 616 g/mol. The Morgan fingerprint density at radius 2 is 1.57 bits per heavy atom. The summed E-state index contributed by atoms with van der Waals surface area (Å²) in [6.45, 7) is 11.9. The molecular formula is C32H49NaO8S. The zero-order chi connectivity index (χ0) is 30.2. The van der Waals surface area contributed by atoms with E-state index in [0.717, 1.165) is 51.4 Å². The molecule has 0 aromatic carbocycles. The summed E-state index contributed by atoms with van der Waals surface area (Å²) in [5, 5.41) is 0. The molecule has 5 rings (SSSR count). The molecule has 0 heterocycles. The Bertz CT molecular complexity index is 1220. The topological polar surface area (TPSA) is 127 Å². The Labute approximate surface area is 274 Å². The van der Waals surface area contributed by atoms with E-state index < -0.39 is 28.4 Å². The first-order chi connectivity index (χ1) is 19.0. The SMILES string of the molecule is CC(=O)OC[C@@]1(COS(=O)(=O)[O-])C(=O)CC[C@]23C[C@]24CC[C@]2(C)[C@@H](C(C)CC(=O)CC(C)C)CCC2(C)C4CCC13.[Na+]. The molecule has 232 valence electrons. The standard InChI is InChI=1S/C32H50O8S.Na/c1-20(2)15-23(34)16-21(3)24-9-11-29(6)25-7-8-26-30(18-39-22(4)33,19-40-41(36,37)38)27(35)10-12-31(26)17-32(25,31)14-13-28(24,29)5;/h20-21,24-26H,7-19H2,1-6H3,(H,36,37,38);/q;+1/p-1/t21?,24-,25?,26?,28-,29?,30+,31-,32+;/m1./s1. The van der Waals surface area contributed by atoms with Crippen LogP contribution < -0.4 is 29.6 Å². The summed E-state index contributed by atoms with van der Waals surface area (Å²) in [6.07, 6.45) is 9.38. The van der Waals surface area contributed by atoms with E-state index in [1.807, 2.05) is 0 Å². The molecule has 4 unspecified atom stereocenters. The molecule has 2 spiro atoms. The van der Waals surface area contributed by atoms with Crippen molar-refractivity contribution < 1.29 is 65.8 Å². The van der Waals surface area contributed by atoms with Gasteiger partial charge >= 0.3 is 35.5 Å². The quantitative estimate of drug-likeness (QED) is 0.159. The number of ketones is 2. The maximum absolute atomic E-state index is 13.6. The zero-order valence-electron chi connectivity index (χ0n) is 26.8. The van der Waals surface area contributed by atoms with Crippen LogP contribution in [0.25, 0.3) is 0 Å². The fourth-order valence-electron chi connectivity index (χ4n) is 11.7. The average Bonchev–Trinajstić information content (AvgIpc) is 3.44. The number of hydrogen-bond acceptors (Lipinski definition) is 8. The van der Waals surface area contributed by atoms with Gasteiger partial charge in [-0.2, -0.15) is 0 Å². The molecule has 9 atom stereocenters. The van der Waals surface area contributed by atoms with Crippen LogP contribution in [0.3, 0.4) is 0 Å². The van der Waals surface area contributed by atoms with Crippen LogP contribution in [0, 0.1) is 56.7 Å². The van der Waals surface area contributed by atoms with Gasteiger partial charge in [-0.15, -0.1) is 0 Å². The smallest absolute Gasteiger partial charge is 0.726 e. The van der Waals surface area contributed by atoms with Crippen LogP contribution in [0.5, 0.6) is 0 Å². The molecule has 10 heteroatoms. The first-order valence-corrected chi connectivity index (χ1v) is 17.1. The molecule has 0 bridgehead atoms. The van der Waals surface area contributed by atoms with Gasteiger partial charge in [0.05, 0.1) is 12.0 Å². The van der Waals surface area contributed by atoms with Crippen LogP contribution in [0.4, 0.5) is 0 Å². The van der Waals surface area contributed by atoms with Crippen molar-refractivity contribution >= 4 is 27.9 Å². The predicted molar refractivity (Wildman–Crippen MR) is 151 cm³/mol. The molecular weight excluding hydrogens is 567 g/mol. The molecule has 5 fully saturated rings. The third kappa shape index (κ3) is 5.22. The van der Waals surface area contributed by atoms with Crippen LogP contribution in [0.2, 0.25) is 0 Å². The maximum atomic E-state index is 13.6. The Balaban J connectivity index is 0.00000405. The van der Waals surface area contributed by atoms with Crippen LogP contribution in [-0.2, 0) is 33.7 Å². The number of rotatable bonds is 10. The molecule has 0 amide bonds. The minimum atomic E-state index is -5.02. The van der Waals surface area contributed by atoms with E-state index in [4.69, 9.17) is 8.92 Å². The van der Waals surface area contributed by atoms with Crippen LogP contribution in [-0.4, -0.2) is 43.7 Å². The summed E-state index contributed by atoms with van der Waals surface area (Å²) in [4.78, 5) is 38.2. The zero-order valence-corrected chi connectivity index (χ0v) is 29.6. The van der Waals surface area contributed by atoms with Crippen molar-refractivity contribution in [3.63, 3.8) is 0 Å². The summed E-state index contributed by atoms with van der Waals surface area (Å²) in [5.74, 6) is 1.19. The van der Waals surface area contributed by atoms with Crippen molar-refractivity contribution in [2.24, 2.45) is 56.7 Å². The average molecular weight is 617 g/mol. The predicted octanol–water partition coefficient (Wildman–Crippen LogP) is 2.64. The first kappa shape index (κ1) is 34.6. The van der Waals surface area contributed by atoms with Crippen molar-refractivity contribution in [1.82, 2.24) is 0 Å².